The van der Waals surface area contributed by atoms with Crippen molar-refractivity contribution in [1.82, 2.24) is 42.5 Å². The Hall–Kier alpha value is -7.33. The van der Waals surface area contributed by atoms with Gasteiger partial charge in [0.15, 0.2) is 11.9 Å². The first-order valence-electron chi connectivity index (χ1n) is 22.4. The SMILES string of the molecule is CC(=O)N[C@@H](CCCN=C(N)N)C(=O)N[C@H](C(=O)N[C@@H](CC(=O)O)C(=O)N[C@@H](CC(C)C)C(=O)N[C@@H](CC(=O)O)C(=O)N[C@@H](C)C(=O)N[C@@H](CC(C)C)C(=O)N[C@@H](CCCN=C(N)N)C(N)=O)[C@@H](C)O. The third-order valence-corrected chi connectivity index (χ3v) is 9.76. The van der Waals surface area contributed by atoms with Crippen molar-refractivity contribution in [2.75, 3.05) is 13.1 Å². The standard InChI is InChI=1S/C41H73N15O14/c1-18(2)14-25(36(67)51-23(32(42)63)10-8-12-47-40(43)44)52-33(64)20(5)49-35(66)27(16-29(59)60)54-37(68)26(15-19(3)4)53-38(69)28(17-30(61)62)55-39(70)31(21(6)57)56-34(65)24(50-22(7)58)11-9-13-48-41(45)46/h18-21,23-28,31,57H,8-17H2,1-7H3,(H2,42,63)(H,49,66)(H,50,58)(H,51,67)(H,52,64)(H,53,69)(H,54,68)(H,55,70)(H,56,65)(H,59,60)(H,61,62)(H4,43,44,47)(H4,45,46,48)/t20-,21+,23-,24-,25-,26-,27-,28-,31-/m0/s1. The first-order chi connectivity index (χ1) is 32.4. The number of aliphatic imine (C=N–C) groups is 2. The Morgan fingerprint density at radius 1 is 0.457 bits per heavy atom. The molecule has 70 heavy (non-hydrogen) atoms. The van der Waals surface area contributed by atoms with Crippen LogP contribution in [0.1, 0.15) is 99.8 Å². The second-order valence-corrected chi connectivity index (χ2v) is 17.3. The fourth-order valence-electron chi connectivity index (χ4n) is 6.39. The van der Waals surface area contributed by atoms with E-state index in [1.807, 2.05) is 0 Å². The van der Waals surface area contributed by atoms with E-state index in [1.54, 1.807) is 27.7 Å². The molecular formula is C41H73N15O14. The summed E-state index contributed by atoms with van der Waals surface area (Å²) in [6, 6.07) is -12.3. The molecule has 0 saturated heterocycles. The van der Waals surface area contributed by atoms with E-state index in [0.717, 1.165) is 13.8 Å². The molecule has 29 nitrogen and oxygen atoms in total. The molecule has 0 bridgehead atoms. The zero-order valence-electron chi connectivity index (χ0n) is 40.5. The molecule has 21 N–H and O–H groups in total. The van der Waals surface area contributed by atoms with Crippen molar-refractivity contribution in [3.05, 3.63) is 0 Å². The van der Waals surface area contributed by atoms with E-state index in [1.165, 1.54) is 6.92 Å². The van der Waals surface area contributed by atoms with Gasteiger partial charge in [-0.2, -0.15) is 0 Å². The topological polar surface area (TPSA) is 500 Å². The van der Waals surface area contributed by atoms with Crippen LogP contribution in [0.3, 0.4) is 0 Å². The molecule has 0 rings (SSSR count). The lowest BCUT2D eigenvalue weighted by Gasteiger charge is -2.28. The Balaban J connectivity index is 6.30. The van der Waals surface area contributed by atoms with Crippen molar-refractivity contribution in [2.24, 2.45) is 50.5 Å². The average Bonchev–Trinajstić information content (AvgIpc) is 3.22. The molecule has 9 atom stereocenters. The monoisotopic (exact) mass is 1000 g/mol. The van der Waals surface area contributed by atoms with Crippen molar-refractivity contribution in [3.8, 4) is 0 Å². The minimum absolute atomic E-state index is 0.0190. The van der Waals surface area contributed by atoms with Gasteiger partial charge in [0.05, 0.1) is 18.9 Å². The fraction of sp³-hybridized carbons (Fsp3) is 0.683. The third kappa shape index (κ3) is 26.3. The van der Waals surface area contributed by atoms with Crippen molar-refractivity contribution >= 4 is 77.0 Å². The van der Waals surface area contributed by atoms with E-state index in [9.17, 15) is 68.1 Å². The Morgan fingerprint density at radius 3 is 1.20 bits per heavy atom. The van der Waals surface area contributed by atoms with Gasteiger partial charge in [0.2, 0.25) is 53.2 Å². The zero-order chi connectivity index (χ0) is 54.0. The van der Waals surface area contributed by atoms with E-state index in [4.69, 9.17) is 28.7 Å². The lowest BCUT2D eigenvalue weighted by Crippen LogP contribution is -2.61. The van der Waals surface area contributed by atoms with Gasteiger partial charge in [-0.1, -0.05) is 27.7 Å². The second-order valence-electron chi connectivity index (χ2n) is 17.3. The van der Waals surface area contributed by atoms with Gasteiger partial charge in [-0.15, -0.1) is 0 Å². The highest BCUT2D eigenvalue weighted by atomic mass is 16.4. The number of aliphatic hydroxyl groups is 1. The highest BCUT2D eigenvalue weighted by Crippen LogP contribution is 2.11. The Kier molecular flexibility index (Phi) is 28.3. The van der Waals surface area contributed by atoms with E-state index < -0.39 is 132 Å². The van der Waals surface area contributed by atoms with Crippen molar-refractivity contribution < 1.29 is 68.1 Å². The lowest BCUT2D eigenvalue weighted by atomic mass is 10.0. The number of rotatable bonds is 33. The van der Waals surface area contributed by atoms with Gasteiger partial charge in [-0.05, 0) is 64.2 Å². The van der Waals surface area contributed by atoms with Crippen LogP contribution in [0.5, 0.6) is 0 Å². The number of amides is 9. The largest absolute Gasteiger partial charge is 0.481 e. The summed E-state index contributed by atoms with van der Waals surface area (Å²) < 4.78 is 0. The van der Waals surface area contributed by atoms with Gasteiger partial charge in [0.25, 0.3) is 0 Å². The van der Waals surface area contributed by atoms with Crippen LogP contribution in [0.15, 0.2) is 9.98 Å². The predicted octanol–water partition coefficient (Wildman–Crippen LogP) is -6.08. The normalized spacial score (nSPS) is 14.8. The summed E-state index contributed by atoms with van der Waals surface area (Å²) in [5.41, 5.74) is 26.7. The number of hydrogen-bond acceptors (Lipinski definition) is 14. The molecule has 396 valence electrons. The van der Waals surface area contributed by atoms with Crippen LogP contribution in [0, 0.1) is 11.8 Å². The van der Waals surface area contributed by atoms with Gasteiger partial charge in [0, 0.05) is 20.0 Å². The number of carboxylic acid groups (broad SMARTS) is 2. The number of primary amides is 1. The Bertz CT molecular complexity index is 1900. The van der Waals surface area contributed by atoms with E-state index in [-0.39, 0.29) is 75.4 Å². The number of aliphatic hydroxyl groups excluding tert-OH is 1. The Labute approximate surface area is 404 Å². The average molecular weight is 1000 g/mol. The molecule has 0 spiro atoms. The van der Waals surface area contributed by atoms with Crippen LogP contribution >= 0.6 is 0 Å². The van der Waals surface area contributed by atoms with E-state index >= 15 is 0 Å². The first kappa shape index (κ1) is 62.7. The van der Waals surface area contributed by atoms with Crippen molar-refractivity contribution in [3.63, 3.8) is 0 Å². The number of carboxylic acids is 2. The van der Waals surface area contributed by atoms with Gasteiger partial charge in [-0.25, -0.2) is 0 Å². The zero-order valence-corrected chi connectivity index (χ0v) is 40.5. The molecular weight excluding hydrogens is 927 g/mol. The van der Waals surface area contributed by atoms with Gasteiger partial charge in [0.1, 0.15) is 48.3 Å². The van der Waals surface area contributed by atoms with Gasteiger partial charge < -0.3 is 86.5 Å². The smallest absolute Gasteiger partial charge is 0.305 e. The summed E-state index contributed by atoms with van der Waals surface area (Å²) in [6.07, 6.45) is -3.38. The van der Waals surface area contributed by atoms with Crippen molar-refractivity contribution in [1.29, 1.82) is 0 Å². The molecule has 0 aliphatic carbocycles. The summed E-state index contributed by atoms with van der Waals surface area (Å²) in [5, 5.41) is 48.4. The first-order valence-corrected chi connectivity index (χ1v) is 22.4. The molecule has 0 heterocycles. The number of nitrogens with two attached hydrogens (primary N) is 5. The molecule has 0 aliphatic rings. The summed E-state index contributed by atoms with van der Waals surface area (Å²) in [7, 11) is 0. The van der Waals surface area contributed by atoms with Crippen LogP contribution in [0.4, 0.5) is 0 Å². The van der Waals surface area contributed by atoms with Crippen LogP contribution in [0.2, 0.25) is 0 Å². The number of aliphatic carboxylic acids is 2. The highest BCUT2D eigenvalue weighted by molar-refractivity contribution is 5.99. The van der Waals surface area contributed by atoms with Crippen LogP contribution in [-0.4, -0.2) is 160 Å². The molecule has 0 radical (unpaired) electrons. The summed E-state index contributed by atoms with van der Waals surface area (Å²) in [6.45, 7) is 10.4. The number of nitrogens with one attached hydrogen (secondary N) is 8. The minimum Gasteiger partial charge on any atom is -0.481 e. The molecule has 0 aliphatic heterocycles. The molecule has 0 aromatic heterocycles. The number of nitrogens with zero attached hydrogens (tertiary/aromatic N) is 2. The quantitative estimate of drug-likeness (QED) is 0.0165. The van der Waals surface area contributed by atoms with Gasteiger partial charge in [-0.3, -0.25) is 62.7 Å². The summed E-state index contributed by atoms with van der Waals surface area (Å²) in [4.78, 5) is 150. The summed E-state index contributed by atoms with van der Waals surface area (Å²) >= 11 is 0. The number of hydrogen-bond donors (Lipinski definition) is 16. The second kappa shape index (κ2) is 31.7. The molecule has 9 amide bonds. The molecule has 29 heteroatoms. The van der Waals surface area contributed by atoms with Crippen LogP contribution < -0.4 is 71.2 Å². The maximum atomic E-state index is 13.7. The van der Waals surface area contributed by atoms with Crippen molar-refractivity contribution in [2.45, 2.75) is 154 Å². The number of carbonyl (C=O) groups excluding carboxylic acids is 9. The van der Waals surface area contributed by atoms with Crippen LogP contribution in [-0.2, 0) is 52.7 Å². The number of carbonyl (C=O) groups is 11. The molecule has 0 aromatic carbocycles. The van der Waals surface area contributed by atoms with E-state index in [0.29, 0.717) is 0 Å². The number of guanidine groups is 2. The van der Waals surface area contributed by atoms with E-state index in [2.05, 4.69) is 52.5 Å². The predicted molar refractivity (Wildman–Crippen MR) is 251 cm³/mol. The van der Waals surface area contributed by atoms with Gasteiger partial charge >= 0.3 is 11.9 Å². The lowest BCUT2D eigenvalue weighted by molar-refractivity contribution is -0.142. The molecule has 0 aromatic rings. The molecule has 0 saturated carbocycles. The summed E-state index contributed by atoms with van der Waals surface area (Å²) in [5.74, 6) is -13.0. The molecule has 0 fully saturated rings. The third-order valence-electron chi connectivity index (χ3n) is 9.76. The van der Waals surface area contributed by atoms with Crippen LogP contribution in [0.25, 0.3) is 0 Å². The Morgan fingerprint density at radius 2 is 0.814 bits per heavy atom. The minimum atomic E-state index is -1.95. The maximum Gasteiger partial charge on any atom is 0.305 e. The molecule has 0 unspecified atom stereocenters. The maximum absolute atomic E-state index is 13.7. The fourth-order valence-corrected chi connectivity index (χ4v) is 6.39. The highest BCUT2D eigenvalue weighted by Gasteiger charge is 2.36.